The third-order valence-electron chi connectivity index (χ3n) is 13.5. The van der Waals surface area contributed by atoms with Gasteiger partial charge < -0.3 is 4.74 Å². The quantitative estimate of drug-likeness (QED) is 0.175. The SMILES string of the molecule is C=C1/C=C\C=C/Oc2c1ccc1c2C2(c3cc(-c4nc5ccccc5n4-c4ccccc4)ccc3-1)c1ccccc1C1(c3ccccc3-c3ccccc31)c1ccccc12. The van der Waals surface area contributed by atoms with E-state index in [0.29, 0.717) is 0 Å². The van der Waals surface area contributed by atoms with Crippen molar-refractivity contribution in [3.63, 3.8) is 0 Å². The summed E-state index contributed by atoms with van der Waals surface area (Å²) in [5.41, 5.74) is 19.6. The van der Waals surface area contributed by atoms with Crippen molar-refractivity contribution < 1.29 is 4.74 Å². The molecular weight excluding hydrogens is 729 g/mol. The fourth-order valence-electron chi connectivity index (χ4n) is 11.3. The van der Waals surface area contributed by atoms with Gasteiger partial charge in [-0.05, 0) is 103 Å². The van der Waals surface area contributed by atoms with E-state index in [2.05, 4.69) is 199 Å². The van der Waals surface area contributed by atoms with Crippen LogP contribution in [0.1, 0.15) is 50.1 Å². The first-order chi connectivity index (χ1) is 29.7. The highest BCUT2D eigenvalue weighted by molar-refractivity contribution is 5.97. The maximum Gasteiger partial charge on any atom is 0.145 e. The molecule has 60 heavy (non-hydrogen) atoms. The largest absolute Gasteiger partial charge is 0.464 e. The van der Waals surface area contributed by atoms with Crippen LogP contribution in [0.3, 0.4) is 0 Å². The summed E-state index contributed by atoms with van der Waals surface area (Å²) in [7, 11) is 0. The minimum atomic E-state index is -0.780. The Morgan fingerprint density at radius 2 is 1.02 bits per heavy atom. The van der Waals surface area contributed by atoms with Crippen molar-refractivity contribution in [1.82, 2.24) is 9.55 Å². The summed E-state index contributed by atoms with van der Waals surface area (Å²) >= 11 is 0. The number of nitrogens with zero attached hydrogens (tertiary/aromatic N) is 2. The molecule has 1 aliphatic heterocycles. The summed E-state index contributed by atoms with van der Waals surface area (Å²) in [6.07, 6.45) is 7.85. The van der Waals surface area contributed by atoms with Gasteiger partial charge in [-0.1, -0.05) is 170 Å². The Labute approximate surface area is 348 Å². The van der Waals surface area contributed by atoms with Gasteiger partial charge in [0.15, 0.2) is 0 Å². The summed E-state index contributed by atoms with van der Waals surface area (Å²) in [5.74, 6) is 1.73. The molecular formula is C57H36N2O. The molecule has 9 aromatic rings. The van der Waals surface area contributed by atoms with Crippen LogP contribution >= 0.6 is 0 Å². The van der Waals surface area contributed by atoms with Gasteiger partial charge in [0.2, 0.25) is 0 Å². The summed E-state index contributed by atoms with van der Waals surface area (Å²) < 4.78 is 9.18. The smallest absolute Gasteiger partial charge is 0.145 e. The Hall–Kier alpha value is -7.75. The van der Waals surface area contributed by atoms with Crippen LogP contribution in [0, 0.1) is 0 Å². The first kappa shape index (κ1) is 33.2. The molecule has 0 bridgehead atoms. The number of ether oxygens (including phenoxy) is 1. The summed E-state index contributed by atoms with van der Waals surface area (Å²) in [6.45, 7) is 4.56. The standard InChI is InChI=1S/C57H36N2O/c1-36-17-15-16-34-60-54-39(36)32-33-43-42-31-30-37(55-58-51-28-13-14-29-52(51)59(55)38-18-3-2-4-19-38)35-50(42)57(53(43)54)48-26-11-9-24-46(48)56(47-25-10-12-27-49(47)57)44-22-7-5-20-40(44)41-21-6-8-23-45(41)56/h2-35H,1H2/b17-15-,34-16-. The molecule has 8 aromatic carbocycles. The number of aromatic nitrogens is 2. The molecule has 0 amide bonds. The minimum Gasteiger partial charge on any atom is -0.464 e. The molecule has 13 rings (SSSR count). The average Bonchev–Trinajstić information content (AvgIpc) is 3.93. The number of para-hydroxylation sites is 3. The number of hydrogen-bond acceptors (Lipinski definition) is 2. The van der Waals surface area contributed by atoms with Crippen molar-refractivity contribution in [1.29, 1.82) is 0 Å². The molecule has 0 atom stereocenters. The third kappa shape index (κ3) is 4.06. The molecule has 1 aromatic heterocycles. The van der Waals surface area contributed by atoms with Crippen molar-refractivity contribution >= 4 is 16.6 Å². The molecule has 0 fully saturated rings. The van der Waals surface area contributed by atoms with E-state index in [1.54, 1.807) is 0 Å². The van der Waals surface area contributed by atoms with E-state index in [-0.39, 0.29) is 0 Å². The van der Waals surface area contributed by atoms with E-state index in [9.17, 15) is 0 Å². The van der Waals surface area contributed by atoms with Crippen molar-refractivity contribution in [2.45, 2.75) is 10.8 Å². The zero-order chi connectivity index (χ0) is 39.6. The molecule has 0 N–H and O–H groups in total. The molecule has 0 radical (unpaired) electrons. The lowest BCUT2D eigenvalue weighted by molar-refractivity contribution is 0.465. The van der Waals surface area contributed by atoms with E-state index in [4.69, 9.17) is 9.72 Å². The van der Waals surface area contributed by atoms with Crippen LogP contribution in [-0.2, 0) is 10.8 Å². The Balaban J connectivity index is 1.20. The fourth-order valence-corrected chi connectivity index (χ4v) is 11.3. The molecule has 3 nitrogen and oxygen atoms in total. The number of fused-ring (bicyclic) bond motifs is 19. The fraction of sp³-hybridized carbons (Fsp3) is 0.0351. The van der Waals surface area contributed by atoms with Gasteiger partial charge in [0.25, 0.3) is 0 Å². The normalized spacial score (nSPS) is 16.4. The van der Waals surface area contributed by atoms with Crippen LogP contribution in [-0.4, -0.2) is 9.55 Å². The summed E-state index contributed by atoms with van der Waals surface area (Å²) in [4.78, 5) is 5.38. The maximum absolute atomic E-state index is 6.88. The van der Waals surface area contributed by atoms with Crippen LogP contribution in [0.4, 0.5) is 0 Å². The molecule has 3 heteroatoms. The monoisotopic (exact) mass is 764 g/mol. The van der Waals surface area contributed by atoms with Crippen LogP contribution in [0.2, 0.25) is 0 Å². The highest BCUT2D eigenvalue weighted by atomic mass is 16.5. The zero-order valence-corrected chi connectivity index (χ0v) is 32.6. The van der Waals surface area contributed by atoms with Gasteiger partial charge in [-0.15, -0.1) is 0 Å². The third-order valence-corrected chi connectivity index (χ3v) is 13.5. The first-order valence-electron chi connectivity index (χ1n) is 20.6. The predicted molar refractivity (Wildman–Crippen MR) is 243 cm³/mol. The highest BCUT2D eigenvalue weighted by Crippen LogP contribution is 2.69. The Kier molecular flexibility index (Phi) is 6.73. The van der Waals surface area contributed by atoms with Gasteiger partial charge in [-0.2, -0.15) is 0 Å². The van der Waals surface area contributed by atoms with Gasteiger partial charge >= 0.3 is 0 Å². The lowest BCUT2D eigenvalue weighted by Crippen LogP contribution is -2.44. The topological polar surface area (TPSA) is 27.1 Å². The highest BCUT2D eigenvalue weighted by Gasteiger charge is 2.60. The van der Waals surface area contributed by atoms with E-state index in [1.165, 1.54) is 55.6 Å². The summed E-state index contributed by atoms with van der Waals surface area (Å²) in [5, 5.41) is 0. The molecule has 3 aliphatic carbocycles. The average molecular weight is 765 g/mol. The molecule has 2 heterocycles. The van der Waals surface area contributed by atoms with E-state index in [0.717, 1.165) is 56.1 Å². The van der Waals surface area contributed by atoms with Gasteiger partial charge in [0, 0.05) is 22.4 Å². The Morgan fingerprint density at radius 3 is 1.72 bits per heavy atom. The molecule has 0 saturated carbocycles. The molecule has 2 spiro atoms. The van der Waals surface area contributed by atoms with Crippen LogP contribution in [0.25, 0.3) is 55.9 Å². The second kappa shape index (κ2) is 12.1. The lowest BCUT2D eigenvalue weighted by atomic mass is 9.52. The van der Waals surface area contributed by atoms with Crippen LogP contribution in [0.15, 0.2) is 213 Å². The van der Waals surface area contributed by atoms with E-state index in [1.807, 2.05) is 18.4 Å². The molecule has 0 unspecified atom stereocenters. The van der Waals surface area contributed by atoms with Gasteiger partial charge in [0.1, 0.15) is 11.6 Å². The van der Waals surface area contributed by atoms with Gasteiger partial charge in [-0.3, -0.25) is 4.57 Å². The van der Waals surface area contributed by atoms with Crippen LogP contribution < -0.4 is 4.74 Å². The predicted octanol–water partition coefficient (Wildman–Crippen LogP) is 13.2. The second-order valence-electron chi connectivity index (χ2n) is 16.2. The number of rotatable bonds is 2. The summed E-state index contributed by atoms with van der Waals surface area (Å²) in [6, 6.07) is 67.0. The van der Waals surface area contributed by atoms with Crippen molar-refractivity contribution in [2.75, 3.05) is 0 Å². The number of imidazole rings is 1. The number of allylic oxidation sites excluding steroid dienone is 4. The number of benzene rings is 8. The Bertz CT molecular complexity index is 3290. The second-order valence-corrected chi connectivity index (χ2v) is 16.2. The molecule has 4 aliphatic rings. The van der Waals surface area contributed by atoms with Gasteiger partial charge in [0.05, 0.1) is 28.1 Å². The van der Waals surface area contributed by atoms with E-state index >= 15 is 0 Å². The van der Waals surface area contributed by atoms with Crippen LogP contribution in [0.5, 0.6) is 5.75 Å². The van der Waals surface area contributed by atoms with Crippen molar-refractivity contribution in [3.05, 3.63) is 263 Å². The number of hydrogen-bond donors (Lipinski definition) is 0. The molecule has 0 saturated heterocycles. The minimum absolute atomic E-state index is 0.552. The molecule has 280 valence electrons. The maximum atomic E-state index is 6.88. The Morgan fingerprint density at radius 1 is 0.467 bits per heavy atom. The van der Waals surface area contributed by atoms with Crippen molar-refractivity contribution in [2.24, 2.45) is 0 Å². The van der Waals surface area contributed by atoms with Crippen molar-refractivity contribution in [3.8, 4) is 45.1 Å². The lowest BCUT2D eigenvalue weighted by Gasteiger charge is -2.49. The van der Waals surface area contributed by atoms with E-state index < -0.39 is 10.8 Å². The zero-order valence-electron chi connectivity index (χ0n) is 32.6. The first-order valence-corrected chi connectivity index (χ1v) is 20.6. The van der Waals surface area contributed by atoms with Gasteiger partial charge in [-0.25, -0.2) is 4.98 Å².